The van der Waals surface area contributed by atoms with Crippen molar-refractivity contribution in [2.24, 2.45) is 4.99 Å². The number of aryl methyl sites for hydroxylation is 1. The minimum Gasteiger partial charge on any atom is -0.379 e. The standard InChI is InChI=1S/C15H22N4OS/c1-12-10-21-14(18-12)13(8-16)9-17-11-15(2,3)19-4-6-20-7-5-19/h9-10,13H,4-7,11H2,1-3H3/t13-/m1/s1. The Labute approximate surface area is 130 Å². The van der Waals surface area contributed by atoms with Gasteiger partial charge in [0.2, 0.25) is 0 Å². The molecule has 5 nitrogen and oxygen atoms in total. The lowest BCUT2D eigenvalue weighted by molar-refractivity contribution is -0.00677. The Morgan fingerprint density at radius 3 is 2.86 bits per heavy atom. The molecule has 0 bridgehead atoms. The van der Waals surface area contributed by atoms with Crippen molar-refractivity contribution in [2.75, 3.05) is 32.8 Å². The number of thiazole rings is 1. The number of aliphatic imine (C=N–C) groups is 1. The first-order valence-corrected chi connectivity index (χ1v) is 8.05. The molecule has 0 spiro atoms. The van der Waals surface area contributed by atoms with E-state index in [9.17, 15) is 5.26 Å². The van der Waals surface area contributed by atoms with Gasteiger partial charge < -0.3 is 4.74 Å². The lowest BCUT2D eigenvalue weighted by atomic mass is 10.0. The van der Waals surface area contributed by atoms with Crippen LogP contribution < -0.4 is 0 Å². The van der Waals surface area contributed by atoms with Gasteiger partial charge in [-0.25, -0.2) is 4.98 Å². The third-order valence-electron chi connectivity index (χ3n) is 3.64. The fourth-order valence-corrected chi connectivity index (χ4v) is 3.12. The predicted molar refractivity (Wildman–Crippen MR) is 85.0 cm³/mol. The molecule has 1 aromatic rings. The molecule has 1 atom stereocenters. The van der Waals surface area contributed by atoms with E-state index in [0.29, 0.717) is 6.54 Å². The fraction of sp³-hybridized carbons (Fsp3) is 0.667. The van der Waals surface area contributed by atoms with Crippen LogP contribution in [0.3, 0.4) is 0 Å². The largest absolute Gasteiger partial charge is 0.379 e. The van der Waals surface area contributed by atoms with E-state index in [1.165, 1.54) is 11.3 Å². The van der Waals surface area contributed by atoms with Crippen molar-refractivity contribution < 1.29 is 4.74 Å². The summed E-state index contributed by atoms with van der Waals surface area (Å²) in [5.41, 5.74) is 0.941. The number of nitriles is 1. The normalized spacial score (nSPS) is 18.8. The first-order chi connectivity index (χ1) is 10.0. The summed E-state index contributed by atoms with van der Waals surface area (Å²) in [6.07, 6.45) is 1.74. The van der Waals surface area contributed by atoms with Gasteiger partial charge in [-0.15, -0.1) is 11.3 Å². The minimum absolute atomic E-state index is 0.0148. The van der Waals surface area contributed by atoms with Crippen molar-refractivity contribution in [3.8, 4) is 6.07 Å². The Hall–Kier alpha value is -1.29. The molecule has 0 aliphatic carbocycles. The molecule has 0 amide bonds. The first kappa shape index (κ1) is 16.1. The van der Waals surface area contributed by atoms with E-state index in [1.54, 1.807) is 6.21 Å². The average molecular weight is 306 g/mol. The number of aromatic nitrogens is 1. The summed E-state index contributed by atoms with van der Waals surface area (Å²) in [7, 11) is 0. The maximum Gasteiger partial charge on any atom is 0.133 e. The van der Waals surface area contributed by atoms with Crippen LogP contribution in [0.5, 0.6) is 0 Å². The van der Waals surface area contributed by atoms with E-state index in [1.807, 2.05) is 12.3 Å². The first-order valence-electron chi connectivity index (χ1n) is 7.17. The molecule has 0 N–H and O–H groups in total. The zero-order valence-electron chi connectivity index (χ0n) is 12.9. The van der Waals surface area contributed by atoms with Gasteiger partial charge in [0, 0.05) is 35.9 Å². The summed E-state index contributed by atoms with van der Waals surface area (Å²) in [6, 6.07) is 2.26. The molecule has 6 heteroatoms. The molecule has 1 saturated heterocycles. The van der Waals surface area contributed by atoms with E-state index in [4.69, 9.17) is 4.74 Å². The molecule has 2 rings (SSSR count). The molecule has 21 heavy (non-hydrogen) atoms. The van der Waals surface area contributed by atoms with E-state index in [-0.39, 0.29) is 11.5 Å². The highest BCUT2D eigenvalue weighted by molar-refractivity contribution is 7.09. The summed E-state index contributed by atoms with van der Waals surface area (Å²) in [5.74, 6) is -0.343. The molecule has 114 valence electrons. The summed E-state index contributed by atoms with van der Waals surface area (Å²) >= 11 is 1.52. The van der Waals surface area contributed by atoms with Crippen molar-refractivity contribution in [1.82, 2.24) is 9.88 Å². The highest BCUT2D eigenvalue weighted by Crippen LogP contribution is 2.20. The Morgan fingerprint density at radius 2 is 2.29 bits per heavy atom. The van der Waals surface area contributed by atoms with Gasteiger partial charge in [0.05, 0.1) is 25.8 Å². The highest BCUT2D eigenvalue weighted by atomic mass is 32.1. The van der Waals surface area contributed by atoms with Gasteiger partial charge in [0.15, 0.2) is 0 Å². The maximum absolute atomic E-state index is 9.27. The van der Waals surface area contributed by atoms with Crippen molar-refractivity contribution in [3.05, 3.63) is 16.1 Å². The summed E-state index contributed by atoms with van der Waals surface area (Å²) < 4.78 is 5.39. The quantitative estimate of drug-likeness (QED) is 0.783. The number of ether oxygens (including phenoxy) is 1. The van der Waals surface area contributed by atoms with Gasteiger partial charge in [0.25, 0.3) is 0 Å². The Balaban J connectivity index is 1.95. The van der Waals surface area contributed by atoms with E-state index in [2.05, 4.69) is 34.8 Å². The summed E-state index contributed by atoms with van der Waals surface area (Å²) in [4.78, 5) is 11.3. The zero-order chi connectivity index (χ0) is 15.3. The number of hydrogen-bond acceptors (Lipinski definition) is 6. The van der Waals surface area contributed by atoms with Crippen LogP contribution in [0.25, 0.3) is 0 Å². The highest BCUT2D eigenvalue weighted by Gasteiger charge is 2.27. The molecule has 0 saturated carbocycles. The summed E-state index contributed by atoms with van der Waals surface area (Å²) in [6.45, 7) is 10.4. The van der Waals surface area contributed by atoms with Crippen molar-refractivity contribution >= 4 is 17.6 Å². The number of hydrogen-bond donors (Lipinski definition) is 0. The SMILES string of the molecule is Cc1csc([C@H](C#N)C=NCC(C)(C)N2CCOCC2)n1. The van der Waals surface area contributed by atoms with Gasteiger partial charge in [-0.1, -0.05) is 0 Å². The molecule has 0 aromatic carbocycles. The van der Waals surface area contributed by atoms with E-state index >= 15 is 0 Å². The predicted octanol–water partition coefficient (Wildman–Crippen LogP) is 2.24. The molecule has 2 heterocycles. The van der Waals surface area contributed by atoms with Crippen molar-refractivity contribution in [1.29, 1.82) is 5.26 Å². The molecule has 1 aromatic heterocycles. The number of nitrogens with zero attached hydrogens (tertiary/aromatic N) is 4. The zero-order valence-corrected chi connectivity index (χ0v) is 13.7. The molecule has 0 unspecified atom stereocenters. The Kier molecular flexibility index (Phi) is 5.45. The van der Waals surface area contributed by atoms with Gasteiger partial charge >= 0.3 is 0 Å². The van der Waals surface area contributed by atoms with Crippen LogP contribution >= 0.6 is 11.3 Å². The van der Waals surface area contributed by atoms with Crippen LogP contribution in [0.15, 0.2) is 10.4 Å². The second kappa shape index (κ2) is 7.12. The van der Waals surface area contributed by atoms with Crippen LogP contribution in [0, 0.1) is 18.3 Å². The van der Waals surface area contributed by atoms with Crippen molar-refractivity contribution in [2.45, 2.75) is 32.2 Å². The summed E-state index contributed by atoms with van der Waals surface area (Å²) in [5, 5.41) is 12.1. The molecule has 1 aliphatic heterocycles. The maximum atomic E-state index is 9.27. The number of morpholine rings is 1. The van der Waals surface area contributed by atoms with Crippen LogP contribution in [0.1, 0.15) is 30.5 Å². The smallest absolute Gasteiger partial charge is 0.133 e. The lowest BCUT2D eigenvalue weighted by Crippen LogP contribution is -2.51. The Morgan fingerprint density at radius 1 is 1.57 bits per heavy atom. The molecular weight excluding hydrogens is 284 g/mol. The lowest BCUT2D eigenvalue weighted by Gasteiger charge is -2.39. The van der Waals surface area contributed by atoms with E-state index < -0.39 is 0 Å². The Bertz CT molecular complexity index is 526. The van der Waals surface area contributed by atoms with E-state index in [0.717, 1.165) is 37.0 Å². The second-order valence-electron chi connectivity index (χ2n) is 5.84. The third-order valence-corrected chi connectivity index (χ3v) is 4.69. The van der Waals surface area contributed by atoms with Crippen LogP contribution in [-0.4, -0.2) is 54.5 Å². The minimum atomic E-state index is -0.343. The third kappa shape index (κ3) is 4.34. The topological polar surface area (TPSA) is 61.5 Å². The van der Waals surface area contributed by atoms with Gasteiger partial charge in [-0.2, -0.15) is 5.26 Å². The van der Waals surface area contributed by atoms with Gasteiger partial charge in [-0.3, -0.25) is 9.89 Å². The molecular formula is C15H22N4OS. The van der Waals surface area contributed by atoms with Crippen LogP contribution in [0.2, 0.25) is 0 Å². The van der Waals surface area contributed by atoms with Crippen LogP contribution in [0.4, 0.5) is 0 Å². The molecule has 0 radical (unpaired) electrons. The van der Waals surface area contributed by atoms with Gasteiger partial charge in [-0.05, 0) is 20.8 Å². The average Bonchev–Trinajstić information content (AvgIpc) is 2.91. The van der Waals surface area contributed by atoms with Crippen LogP contribution in [-0.2, 0) is 4.74 Å². The molecule has 1 fully saturated rings. The number of rotatable bonds is 5. The fourth-order valence-electron chi connectivity index (χ4n) is 2.32. The van der Waals surface area contributed by atoms with Gasteiger partial charge in [0.1, 0.15) is 10.9 Å². The van der Waals surface area contributed by atoms with Crippen molar-refractivity contribution in [3.63, 3.8) is 0 Å². The molecule has 1 aliphatic rings. The monoisotopic (exact) mass is 306 g/mol. The second-order valence-corrected chi connectivity index (χ2v) is 6.73.